The van der Waals surface area contributed by atoms with Crippen LogP contribution in [0.25, 0.3) is 0 Å². The quantitative estimate of drug-likeness (QED) is 0.525. The minimum Gasteiger partial charge on any atom is -0.324 e. The highest BCUT2D eigenvalue weighted by molar-refractivity contribution is 4.97. The second-order valence-corrected chi connectivity index (χ2v) is 4.38. The molecule has 0 spiro atoms. The van der Waals surface area contributed by atoms with Gasteiger partial charge in [-0.2, -0.15) is 0 Å². The molecule has 3 nitrogen and oxygen atoms in total. The highest BCUT2D eigenvalue weighted by atomic mass is 15.0. The van der Waals surface area contributed by atoms with Crippen molar-refractivity contribution in [2.45, 2.75) is 38.8 Å². The molecule has 0 saturated carbocycles. The van der Waals surface area contributed by atoms with Crippen LogP contribution in [-0.4, -0.2) is 31.2 Å². The Kier molecular flexibility index (Phi) is 4.17. The first-order valence-electron chi connectivity index (χ1n) is 4.50. The van der Waals surface area contributed by atoms with Gasteiger partial charge >= 0.3 is 0 Å². The summed E-state index contributed by atoms with van der Waals surface area (Å²) in [6.07, 6.45) is 0. The van der Waals surface area contributed by atoms with E-state index < -0.39 is 0 Å². The van der Waals surface area contributed by atoms with Crippen LogP contribution in [0.3, 0.4) is 0 Å². The van der Waals surface area contributed by atoms with Gasteiger partial charge in [0.15, 0.2) is 0 Å². The van der Waals surface area contributed by atoms with Gasteiger partial charge in [-0.15, -0.1) is 0 Å². The van der Waals surface area contributed by atoms with E-state index in [4.69, 9.17) is 5.73 Å². The fourth-order valence-corrected chi connectivity index (χ4v) is 0.728. The van der Waals surface area contributed by atoms with E-state index in [2.05, 4.69) is 24.5 Å². The summed E-state index contributed by atoms with van der Waals surface area (Å²) in [5, 5.41) is 6.50. The first kappa shape index (κ1) is 11.9. The summed E-state index contributed by atoms with van der Waals surface area (Å²) in [5.41, 5.74) is 5.79. The maximum Gasteiger partial charge on any atom is 0.0300 e. The monoisotopic (exact) mass is 173 g/mol. The third kappa shape index (κ3) is 3.52. The molecule has 12 heavy (non-hydrogen) atoms. The Labute approximate surface area is 76.1 Å². The van der Waals surface area contributed by atoms with Crippen LogP contribution in [0.5, 0.6) is 0 Å². The average Bonchev–Trinajstić information content (AvgIpc) is 1.85. The standard InChI is InChI=1S/C9H23N3/c1-8(2,10)9(3,4)12-7-6-11-5/h11-12H,6-7,10H2,1-5H3. The fourth-order valence-electron chi connectivity index (χ4n) is 0.728. The summed E-state index contributed by atoms with van der Waals surface area (Å²) >= 11 is 0. The third-order valence-corrected chi connectivity index (χ3v) is 2.55. The van der Waals surface area contributed by atoms with Gasteiger partial charge in [0.25, 0.3) is 0 Å². The molecule has 0 aliphatic carbocycles. The maximum atomic E-state index is 6.01. The van der Waals surface area contributed by atoms with Crippen molar-refractivity contribution in [3.63, 3.8) is 0 Å². The molecule has 0 bridgehead atoms. The maximum absolute atomic E-state index is 6.01. The lowest BCUT2D eigenvalue weighted by Gasteiger charge is -2.39. The summed E-state index contributed by atoms with van der Waals surface area (Å²) in [4.78, 5) is 0. The van der Waals surface area contributed by atoms with Crippen LogP contribution in [0.1, 0.15) is 27.7 Å². The fraction of sp³-hybridized carbons (Fsp3) is 1.00. The van der Waals surface area contributed by atoms with Gasteiger partial charge in [0.2, 0.25) is 0 Å². The average molecular weight is 173 g/mol. The van der Waals surface area contributed by atoms with Crippen molar-refractivity contribution in [1.29, 1.82) is 0 Å². The summed E-state index contributed by atoms with van der Waals surface area (Å²) in [7, 11) is 1.95. The summed E-state index contributed by atoms with van der Waals surface area (Å²) in [6, 6.07) is 0. The lowest BCUT2D eigenvalue weighted by atomic mass is 9.83. The molecular weight excluding hydrogens is 150 g/mol. The van der Waals surface area contributed by atoms with Crippen molar-refractivity contribution >= 4 is 0 Å². The molecule has 0 unspecified atom stereocenters. The van der Waals surface area contributed by atoms with Crippen LogP contribution < -0.4 is 16.4 Å². The zero-order chi connectivity index (χ0) is 9.83. The Bertz CT molecular complexity index is 124. The van der Waals surface area contributed by atoms with Gasteiger partial charge in [-0.25, -0.2) is 0 Å². The van der Waals surface area contributed by atoms with Gasteiger partial charge in [-0.1, -0.05) is 0 Å². The SMILES string of the molecule is CNCCNC(C)(C)C(C)(C)N. The van der Waals surface area contributed by atoms with E-state index in [1.807, 2.05) is 20.9 Å². The minimum absolute atomic E-state index is 0.0240. The largest absolute Gasteiger partial charge is 0.324 e. The van der Waals surface area contributed by atoms with E-state index in [1.165, 1.54) is 0 Å². The molecule has 0 atom stereocenters. The Balaban J connectivity index is 3.88. The second kappa shape index (κ2) is 4.21. The zero-order valence-electron chi connectivity index (χ0n) is 8.99. The van der Waals surface area contributed by atoms with Gasteiger partial charge < -0.3 is 16.4 Å². The van der Waals surface area contributed by atoms with E-state index in [9.17, 15) is 0 Å². The lowest BCUT2D eigenvalue weighted by Crippen LogP contribution is -2.61. The first-order chi connectivity index (χ1) is 5.31. The summed E-state index contributed by atoms with van der Waals surface area (Å²) < 4.78 is 0. The number of rotatable bonds is 5. The molecule has 0 aliphatic heterocycles. The molecule has 0 aromatic rings. The number of likely N-dealkylation sites (N-methyl/N-ethyl adjacent to an activating group) is 1. The first-order valence-corrected chi connectivity index (χ1v) is 4.50. The number of nitrogens with two attached hydrogens (primary N) is 1. The predicted octanol–water partition coefficient (Wildman–Crippen LogP) is 0.311. The number of hydrogen-bond donors (Lipinski definition) is 3. The highest BCUT2D eigenvalue weighted by Crippen LogP contribution is 2.17. The molecular formula is C9H23N3. The van der Waals surface area contributed by atoms with E-state index >= 15 is 0 Å². The van der Waals surface area contributed by atoms with Crippen molar-refractivity contribution in [2.24, 2.45) is 5.73 Å². The van der Waals surface area contributed by atoms with E-state index in [0.29, 0.717) is 0 Å². The molecule has 0 saturated heterocycles. The Morgan fingerprint density at radius 3 is 1.92 bits per heavy atom. The molecule has 4 N–H and O–H groups in total. The Morgan fingerprint density at radius 2 is 1.58 bits per heavy atom. The van der Waals surface area contributed by atoms with Crippen molar-refractivity contribution in [2.75, 3.05) is 20.1 Å². The smallest absolute Gasteiger partial charge is 0.0300 e. The third-order valence-electron chi connectivity index (χ3n) is 2.55. The molecule has 0 aromatic heterocycles. The molecule has 0 aliphatic rings. The van der Waals surface area contributed by atoms with Crippen LogP contribution >= 0.6 is 0 Å². The lowest BCUT2D eigenvalue weighted by molar-refractivity contribution is 0.244. The Morgan fingerprint density at radius 1 is 1.08 bits per heavy atom. The molecule has 0 radical (unpaired) electrons. The van der Waals surface area contributed by atoms with E-state index in [1.54, 1.807) is 0 Å². The minimum atomic E-state index is -0.194. The predicted molar refractivity (Wildman–Crippen MR) is 54.3 cm³/mol. The van der Waals surface area contributed by atoms with Gasteiger partial charge in [0.05, 0.1) is 0 Å². The molecule has 0 amide bonds. The van der Waals surface area contributed by atoms with Crippen molar-refractivity contribution in [1.82, 2.24) is 10.6 Å². The number of hydrogen-bond acceptors (Lipinski definition) is 3. The van der Waals surface area contributed by atoms with Crippen LogP contribution in [0.15, 0.2) is 0 Å². The van der Waals surface area contributed by atoms with Crippen LogP contribution in [-0.2, 0) is 0 Å². The van der Waals surface area contributed by atoms with Crippen molar-refractivity contribution in [3.8, 4) is 0 Å². The second-order valence-electron chi connectivity index (χ2n) is 4.38. The zero-order valence-corrected chi connectivity index (χ0v) is 8.99. The van der Waals surface area contributed by atoms with E-state index in [-0.39, 0.29) is 11.1 Å². The normalized spacial score (nSPS) is 13.5. The molecule has 3 heteroatoms. The van der Waals surface area contributed by atoms with Gasteiger partial charge in [0.1, 0.15) is 0 Å². The number of nitrogens with one attached hydrogen (secondary N) is 2. The van der Waals surface area contributed by atoms with Gasteiger partial charge in [0, 0.05) is 24.2 Å². The van der Waals surface area contributed by atoms with Gasteiger partial charge in [-0.05, 0) is 34.7 Å². The van der Waals surface area contributed by atoms with Crippen LogP contribution in [0.2, 0.25) is 0 Å². The summed E-state index contributed by atoms with van der Waals surface area (Å²) in [6.45, 7) is 10.3. The van der Waals surface area contributed by atoms with Gasteiger partial charge in [-0.3, -0.25) is 0 Å². The molecule has 0 heterocycles. The van der Waals surface area contributed by atoms with Crippen molar-refractivity contribution < 1.29 is 0 Å². The molecule has 0 rings (SSSR count). The summed E-state index contributed by atoms with van der Waals surface area (Å²) in [5.74, 6) is 0. The van der Waals surface area contributed by atoms with Crippen molar-refractivity contribution in [3.05, 3.63) is 0 Å². The van der Waals surface area contributed by atoms with E-state index in [0.717, 1.165) is 13.1 Å². The molecule has 74 valence electrons. The van der Waals surface area contributed by atoms with Crippen LogP contribution in [0.4, 0.5) is 0 Å². The van der Waals surface area contributed by atoms with Crippen LogP contribution in [0, 0.1) is 0 Å². The molecule has 0 aromatic carbocycles. The Hall–Kier alpha value is -0.120. The highest BCUT2D eigenvalue weighted by Gasteiger charge is 2.32. The molecule has 0 fully saturated rings. The topological polar surface area (TPSA) is 50.1 Å².